The van der Waals surface area contributed by atoms with Crippen LogP contribution in [-0.4, -0.2) is 9.38 Å². The first-order chi connectivity index (χ1) is 8.33. The van der Waals surface area contributed by atoms with Gasteiger partial charge in [-0.1, -0.05) is 0 Å². The topological polar surface area (TPSA) is 43.3 Å². The number of imidazole rings is 1. The summed E-state index contributed by atoms with van der Waals surface area (Å²) in [6.45, 7) is 0. The summed E-state index contributed by atoms with van der Waals surface area (Å²) in [5.74, 6) is 0. The summed E-state index contributed by atoms with van der Waals surface area (Å²) in [7, 11) is 0. The molecule has 3 nitrogen and oxygen atoms in total. The van der Waals surface area contributed by atoms with Crippen LogP contribution in [0.15, 0.2) is 29.8 Å². The van der Waals surface area contributed by atoms with Gasteiger partial charge in [-0.25, -0.2) is 4.98 Å². The Morgan fingerprint density at radius 3 is 3.12 bits per heavy atom. The number of aromatic nitrogens is 2. The number of hydrogen-bond acceptors (Lipinski definition) is 3. The van der Waals surface area contributed by atoms with E-state index in [4.69, 9.17) is 10.7 Å². The van der Waals surface area contributed by atoms with Crippen molar-refractivity contribution in [3.8, 4) is 11.3 Å². The molecule has 0 amide bonds. The normalized spacial score (nSPS) is 13.6. The Balaban J connectivity index is 2.10. The van der Waals surface area contributed by atoms with E-state index in [2.05, 4.69) is 15.8 Å². The lowest BCUT2D eigenvalue weighted by Crippen LogP contribution is -2.03. The summed E-state index contributed by atoms with van der Waals surface area (Å²) in [6.07, 6.45) is 4.13. The SMILES string of the molecule is Nc1ccc2nc3c(n2c1)CCc1sccc1-3. The van der Waals surface area contributed by atoms with Gasteiger partial charge >= 0.3 is 0 Å². The minimum Gasteiger partial charge on any atom is -0.398 e. The molecule has 0 aliphatic heterocycles. The number of thiophene rings is 1. The van der Waals surface area contributed by atoms with Crippen molar-refractivity contribution in [2.45, 2.75) is 12.8 Å². The van der Waals surface area contributed by atoms with Crippen LogP contribution in [0.25, 0.3) is 16.9 Å². The summed E-state index contributed by atoms with van der Waals surface area (Å²) in [4.78, 5) is 6.17. The number of aryl methyl sites for hydroxylation is 2. The third-order valence-electron chi connectivity index (χ3n) is 3.33. The van der Waals surface area contributed by atoms with Gasteiger partial charge in [-0.15, -0.1) is 11.3 Å². The zero-order chi connectivity index (χ0) is 11.4. The van der Waals surface area contributed by atoms with Crippen LogP contribution in [0.4, 0.5) is 5.69 Å². The number of nitrogen functional groups attached to an aromatic ring is 1. The van der Waals surface area contributed by atoms with Gasteiger partial charge in [-0.3, -0.25) is 0 Å². The minimum absolute atomic E-state index is 0.786. The average Bonchev–Trinajstić information content (AvgIpc) is 2.91. The number of pyridine rings is 1. The maximum absolute atomic E-state index is 5.84. The number of nitrogens with zero attached hydrogens (tertiary/aromatic N) is 2. The standard InChI is InChI=1S/C13H11N3S/c14-8-1-4-12-15-13-9-5-6-17-11(9)3-2-10(13)16(12)7-8/h1,4-7H,2-3,14H2. The second-order valence-corrected chi connectivity index (χ2v) is 5.36. The summed E-state index contributed by atoms with van der Waals surface area (Å²) < 4.78 is 2.13. The number of hydrogen-bond donors (Lipinski definition) is 1. The van der Waals surface area contributed by atoms with Crippen LogP contribution < -0.4 is 5.73 Å². The highest BCUT2D eigenvalue weighted by Crippen LogP contribution is 2.36. The van der Waals surface area contributed by atoms with Gasteiger partial charge in [0, 0.05) is 22.3 Å². The summed E-state index contributed by atoms with van der Waals surface area (Å²) >= 11 is 1.83. The van der Waals surface area contributed by atoms with E-state index >= 15 is 0 Å². The molecule has 4 heteroatoms. The molecule has 0 unspecified atom stereocenters. The largest absolute Gasteiger partial charge is 0.398 e. The molecule has 3 aromatic heterocycles. The van der Waals surface area contributed by atoms with Crippen molar-refractivity contribution in [3.63, 3.8) is 0 Å². The fourth-order valence-corrected chi connectivity index (χ4v) is 3.42. The van der Waals surface area contributed by atoms with Crippen LogP contribution in [0.5, 0.6) is 0 Å². The van der Waals surface area contributed by atoms with E-state index in [1.165, 1.54) is 16.1 Å². The molecule has 0 bridgehead atoms. The maximum atomic E-state index is 5.84. The van der Waals surface area contributed by atoms with Crippen molar-refractivity contribution in [1.82, 2.24) is 9.38 Å². The van der Waals surface area contributed by atoms with E-state index in [1.807, 2.05) is 29.7 Å². The van der Waals surface area contributed by atoms with Crippen LogP contribution in [0.3, 0.4) is 0 Å². The molecule has 2 N–H and O–H groups in total. The molecule has 17 heavy (non-hydrogen) atoms. The molecule has 1 aliphatic carbocycles. The highest BCUT2D eigenvalue weighted by atomic mass is 32.1. The Bertz CT molecular complexity index is 723. The van der Waals surface area contributed by atoms with Gasteiger partial charge in [-0.2, -0.15) is 0 Å². The molecule has 0 saturated heterocycles. The number of nitrogens with two attached hydrogens (primary N) is 1. The lowest BCUT2D eigenvalue weighted by Gasteiger charge is -2.11. The summed E-state index contributed by atoms with van der Waals surface area (Å²) in [5.41, 5.74) is 11.4. The first kappa shape index (κ1) is 9.24. The molecule has 3 aromatic rings. The van der Waals surface area contributed by atoms with Gasteiger partial charge in [0.05, 0.1) is 11.4 Å². The average molecular weight is 241 g/mol. The van der Waals surface area contributed by atoms with Gasteiger partial charge in [0.15, 0.2) is 0 Å². The van der Waals surface area contributed by atoms with Crippen molar-refractivity contribution in [2.75, 3.05) is 5.73 Å². The Kier molecular flexibility index (Phi) is 1.69. The molecular weight excluding hydrogens is 230 g/mol. The monoisotopic (exact) mass is 241 g/mol. The Hall–Kier alpha value is -1.81. The molecule has 3 heterocycles. The van der Waals surface area contributed by atoms with Crippen LogP contribution >= 0.6 is 11.3 Å². The quantitative estimate of drug-likeness (QED) is 0.657. The van der Waals surface area contributed by atoms with Crippen LogP contribution in [-0.2, 0) is 12.8 Å². The first-order valence-electron chi connectivity index (χ1n) is 5.66. The smallest absolute Gasteiger partial charge is 0.137 e. The van der Waals surface area contributed by atoms with Crippen molar-refractivity contribution in [2.24, 2.45) is 0 Å². The number of anilines is 1. The number of rotatable bonds is 0. The molecule has 0 saturated carbocycles. The first-order valence-corrected chi connectivity index (χ1v) is 6.54. The van der Waals surface area contributed by atoms with Crippen molar-refractivity contribution in [1.29, 1.82) is 0 Å². The molecule has 0 atom stereocenters. The van der Waals surface area contributed by atoms with Crippen molar-refractivity contribution >= 4 is 22.7 Å². The van der Waals surface area contributed by atoms with Crippen LogP contribution in [0.1, 0.15) is 10.6 Å². The highest BCUT2D eigenvalue weighted by molar-refractivity contribution is 7.10. The van der Waals surface area contributed by atoms with Crippen LogP contribution in [0.2, 0.25) is 0 Å². The van der Waals surface area contributed by atoms with E-state index < -0.39 is 0 Å². The van der Waals surface area contributed by atoms with Gasteiger partial charge in [0.1, 0.15) is 5.65 Å². The molecule has 4 rings (SSSR count). The lowest BCUT2D eigenvalue weighted by molar-refractivity contribution is 0.896. The second-order valence-electron chi connectivity index (χ2n) is 4.36. The third-order valence-corrected chi connectivity index (χ3v) is 4.31. The van der Waals surface area contributed by atoms with Crippen molar-refractivity contribution < 1.29 is 0 Å². The molecule has 84 valence electrons. The molecular formula is C13H11N3S. The molecule has 0 spiro atoms. The number of fused-ring (bicyclic) bond motifs is 5. The Labute approximate surface area is 103 Å². The lowest BCUT2D eigenvalue weighted by atomic mass is 10.0. The van der Waals surface area contributed by atoms with Gasteiger partial charge in [0.25, 0.3) is 0 Å². The third kappa shape index (κ3) is 1.18. The molecule has 0 fully saturated rings. The second kappa shape index (κ2) is 3.11. The van der Waals surface area contributed by atoms with Gasteiger partial charge in [-0.05, 0) is 36.4 Å². The molecule has 1 aliphatic rings. The van der Waals surface area contributed by atoms with E-state index in [1.54, 1.807) is 0 Å². The minimum atomic E-state index is 0.786. The Morgan fingerprint density at radius 2 is 2.18 bits per heavy atom. The fourth-order valence-electron chi connectivity index (χ4n) is 2.54. The van der Waals surface area contributed by atoms with Gasteiger partial charge < -0.3 is 10.1 Å². The Morgan fingerprint density at radius 1 is 1.24 bits per heavy atom. The summed E-state index contributed by atoms with van der Waals surface area (Å²) in [6, 6.07) is 6.07. The van der Waals surface area contributed by atoms with E-state index in [0.29, 0.717) is 0 Å². The zero-order valence-corrected chi connectivity index (χ0v) is 10.00. The molecule has 0 radical (unpaired) electrons. The summed E-state index contributed by atoms with van der Waals surface area (Å²) in [5, 5.41) is 2.15. The highest BCUT2D eigenvalue weighted by Gasteiger charge is 2.22. The van der Waals surface area contributed by atoms with E-state index in [9.17, 15) is 0 Å². The van der Waals surface area contributed by atoms with Crippen LogP contribution in [0, 0.1) is 0 Å². The fraction of sp³-hybridized carbons (Fsp3) is 0.154. The van der Waals surface area contributed by atoms with Gasteiger partial charge in [0.2, 0.25) is 0 Å². The van der Waals surface area contributed by atoms with E-state index in [0.717, 1.165) is 29.9 Å². The zero-order valence-electron chi connectivity index (χ0n) is 9.18. The predicted molar refractivity (Wildman–Crippen MR) is 70.3 cm³/mol. The van der Waals surface area contributed by atoms with E-state index in [-0.39, 0.29) is 0 Å². The maximum Gasteiger partial charge on any atom is 0.137 e. The molecule has 0 aromatic carbocycles. The van der Waals surface area contributed by atoms with Crippen molar-refractivity contribution in [3.05, 3.63) is 40.3 Å². The predicted octanol–water partition coefficient (Wildman–Crippen LogP) is 2.74.